The molecule has 104 valence electrons. The number of carbonyl (C=O) groups excluding carboxylic acids is 2. The zero-order chi connectivity index (χ0) is 13.5. The van der Waals surface area contributed by atoms with Crippen LogP contribution in [0.15, 0.2) is 0 Å². The standard InChI is InChI=1S/C11H20N2O5/c1-3-17-11(16)12-10(15)6-13-4-8(2)18-9(5-13)7-14/h8-9,14H,3-7H2,1-2H3,(H,12,15,16). The summed E-state index contributed by atoms with van der Waals surface area (Å²) in [6.45, 7) is 4.82. The number of hydrogen-bond acceptors (Lipinski definition) is 6. The Kier molecular flexibility index (Phi) is 6.03. The minimum atomic E-state index is -0.734. The highest BCUT2D eigenvalue weighted by molar-refractivity contribution is 5.92. The maximum absolute atomic E-state index is 11.5. The summed E-state index contributed by atoms with van der Waals surface area (Å²) in [6, 6.07) is 0. The predicted molar refractivity (Wildman–Crippen MR) is 63.0 cm³/mol. The van der Waals surface area contributed by atoms with E-state index >= 15 is 0 Å². The van der Waals surface area contributed by atoms with Crippen molar-refractivity contribution in [2.45, 2.75) is 26.1 Å². The van der Waals surface area contributed by atoms with Crippen molar-refractivity contribution in [2.24, 2.45) is 0 Å². The van der Waals surface area contributed by atoms with Crippen LogP contribution < -0.4 is 5.32 Å². The van der Waals surface area contributed by atoms with Gasteiger partial charge in [0, 0.05) is 13.1 Å². The van der Waals surface area contributed by atoms with E-state index in [1.807, 2.05) is 11.8 Å². The van der Waals surface area contributed by atoms with E-state index in [9.17, 15) is 9.59 Å². The van der Waals surface area contributed by atoms with Crippen LogP contribution in [0, 0.1) is 0 Å². The summed E-state index contributed by atoms with van der Waals surface area (Å²) >= 11 is 0. The molecule has 0 saturated carbocycles. The van der Waals surface area contributed by atoms with E-state index in [4.69, 9.17) is 9.84 Å². The second-order valence-electron chi connectivity index (χ2n) is 4.21. The molecule has 0 spiro atoms. The highest BCUT2D eigenvalue weighted by Crippen LogP contribution is 2.10. The van der Waals surface area contributed by atoms with Crippen LogP contribution >= 0.6 is 0 Å². The normalized spacial score (nSPS) is 24.6. The number of alkyl carbamates (subject to hydrolysis) is 1. The van der Waals surface area contributed by atoms with E-state index < -0.39 is 12.0 Å². The molecule has 2 unspecified atom stereocenters. The second-order valence-corrected chi connectivity index (χ2v) is 4.21. The van der Waals surface area contributed by atoms with Crippen molar-refractivity contribution in [2.75, 3.05) is 32.8 Å². The summed E-state index contributed by atoms with van der Waals surface area (Å²) in [4.78, 5) is 24.4. The van der Waals surface area contributed by atoms with Crippen LogP contribution in [0.1, 0.15) is 13.8 Å². The Morgan fingerprint density at radius 1 is 1.50 bits per heavy atom. The van der Waals surface area contributed by atoms with Crippen LogP contribution in [-0.4, -0.2) is 67.1 Å². The molecule has 0 bridgehead atoms. The predicted octanol–water partition coefficient (Wildman–Crippen LogP) is -0.659. The van der Waals surface area contributed by atoms with Gasteiger partial charge in [-0.2, -0.15) is 0 Å². The second kappa shape index (κ2) is 7.30. The monoisotopic (exact) mass is 260 g/mol. The van der Waals surface area contributed by atoms with Gasteiger partial charge in [-0.15, -0.1) is 0 Å². The highest BCUT2D eigenvalue weighted by atomic mass is 16.5. The fourth-order valence-electron chi connectivity index (χ4n) is 1.89. The van der Waals surface area contributed by atoms with Crippen LogP contribution in [0.2, 0.25) is 0 Å². The first-order chi connectivity index (χ1) is 8.55. The Bertz CT molecular complexity index is 297. The van der Waals surface area contributed by atoms with E-state index in [2.05, 4.69) is 10.1 Å². The van der Waals surface area contributed by atoms with Crippen molar-refractivity contribution in [1.29, 1.82) is 0 Å². The number of rotatable bonds is 4. The van der Waals surface area contributed by atoms with Gasteiger partial charge >= 0.3 is 6.09 Å². The van der Waals surface area contributed by atoms with Crippen LogP contribution in [0.5, 0.6) is 0 Å². The fraction of sp³-hybridized carbons (Fsp3) is 0.818. The fourth-order valence-corrected chi connectivity index (χ4v) is 1.89. The molecule has 7 heteroatoms. The van der Waals surface area contributed by atoms with Gasteiger partial charge in [-0.3, -0.25) is 15.0 Å². The molecule has 2 amide bonds. The maximum Gasteiger partial charge on any atom is 0.413 e. The van der Waals surface area contributed by atoms with Crippen molar-refractivity contribution >= 4 is 12.0 Å². The number of ether oxygens (including phenoxy) is 2. The number of nitrogens with zero attached hydrogens (tertiary/aromatic N) is 1. The van der Waals surface area contributed by atoms with Crippen LogP contribution in [0.4, 0.5) is 4.79 Å². The summed E-state index contributed by atoms with van der Waals surface area (Å²) in [5.74, 6) is -0.417. The average Bonchev–Trinajstić information content (AvgIpc) is 2.27. The van der Waals surface area contributed by atoms with Gasteiger partial charge in [-0.05, 0) is 13.8 Å². The molecule has 1 rings (SSSR count). The Morgan fingerprint density at radius 2 is 2.22 bits per heavy atom. The summed E-state index contributed by atoms with van der Waals surface area (Å²) in [7, 11) is 0. The van der Waals surface area contributed by atoms with Gasteiger partial charge in [0.05, 0.1) is 32.0 Å². The third-order valence-corrected chi connectivity index (χ3v) is 2.49. The van der Waals surface area contributed by atoms with Crippen LogP contribution in [0.3, 0.4) is 0 Å². The zero-order valence-corrected chi connectivity index (χ0v) is 10.7. The van der Waals surface area contributed by atoms with Crippen molar-refractivity contribution < 1.29 is 24.2 Å². The lowest BCUT2D eigenvalue weighted by molar-refractivity contribution is -0.127. The molecule has 0 aliphatic carbocycles. The lowest BCUT2D eigenvalue weighted by atomic mass is 10.2. The number of aliphatic hydroxyl groups is 1. The van der Waals surface area contributed by atoms with Crippen molar-refractivity contribution in [3.8, 4) is 0 Å². The Balaban J connectivity index is 2.36. The SMILES string of the molecule is CCOC(=O)NC(=O)CN1CC(C)OC(CO)C1. The van der Waals surface area contributed by atoms with Gasteiger partial charge in [0.1, 0.15) is 0 Å². The van der Waals surface area contributed by atoms with Gasteiger partial charge in [-0.1, -0.05) is 0 Å². The maximum atomic E-state index is 11.5. The lowest BCUT2D eigenvalue weighted by Crippen LogP contribution is -2.51. The van der Waals surface area contributed by atoms with E-state index in [-0.39, 0.29) is 32.0 Å². The molecule has 7 nitrogen and oxygen atoms in total. The van der Waals surface area contributed by atoms with E-state index in [1.54, 1.807) is 6.92 Å². The molecule has 1 saturated heterocycles. The smallest absolute Gasteiger partial charge is 0.413 e. The van der Waals surface area contributed by atoms with E-state index in [0.29, 0.717) is 13.1 Å². The first-order valence-electron chi connectivity index (χ1n) is 6.00. The molecule has 1 fully saturated rings. The zero-order valence-electron chi connectivity index (χ0n) is 10.7. The molecule has 18 heavy (non-hydrogen) atoms. The summed E-state index contributed by atoms with van der Waals surface area (Å²) < 4.78 is 10.1. The van der Waals surface area contributed by atoms with Crippen LogP contribution in [0.25, 0.3) is 0 Å². The minimum Gasteiger partial charge on any atom is -0.450 e. The number of morpholine rings is 1. The lowest BCUT2D eigenvalue weighted by Gasteiger charge is -2.35. The van der Waals surface area contributed by atoms with E-state index in [0.717, 1.165) is 0 Å². The molecule has 0 aromatic rings. The Labute approximate surface area is 106 Å². The molecular weight excluding hydrogens is 240 g/mol. The van der Waals surface area contributed by atoms with E-state index in [1.165, 1.54) is 0 Å². The first-order valence-corrected chi connectivity index (χ1v) is 6.00. The molecule has 0 aromatic heterocycles. The molecule has 1 aliphatic rings. The quantitative estimate of drug-likeness (QED) is 0.697. The highest BCUT2D eigenvalue weighted by Gasteiger charge is 2.26. The van der Waals surface area contributed by atoms with Gasteiger partial charge in [0.15, 0.2) is 0 Å². The van der Waals surface area contributed by atoms with Gasteiger partial charge in [0.25, 0.3) is 0 Å². The first kappa shape index (κ1) is 14.9. The van der Waals surface area contributed by atoms with Crippen molar-refractivity contribution in [3.05, 3.63) is 0 Å². The molecule has 0 radical (unpaired) electrons. The topological polar surface area (TPSA) is 88.1 Å². The summed E-state index contributed by atoms with van der Waals surface area (Å²) in [5.41, 5.74) is 0. The Morgan fingerprint density at radius 3 is 2.83 bits per heavy atom. The molecule has 1 aliphatic heterocycles. The number of imide groups is 1. The molecule has 0 aromatic carbocycles. The largest absolute Gasteiger partial charge is 0.450 e. The average molecular weight is 260 g/mol. The number of hydrogen-bond donors (Lipinski definition) is 2. The third-order valence-electron chi connectivity index (χ3n) is 2.49. The summed E-state index contributed by atoms with van der Waals surface area (Å²) in [6.07, 6.45) is -1.07. The molecular formula is C11H20N2O5. The molecule has 2 N–H and O–H groups in total. The Hall–Kier alpha value is -1.18. The number of carbonyl (C=O) groups is 2. The number of nitrogens with one attached hydrogen (secondary N) is 1. The third kappa shape index (κ3) is 4.99. The van der Waals surface area contributed by atoms with Gasteiger partial charge < -0.3 is 14.6 Å². The van der Waals surface area contributed by atoms with Crippen molar-refractivity contribution in [1.82, 2.24) is 10.2 Å². The summed E-state index contributed by atoms with van der Waals surface area (Å²) in [5, 5.41) is 11.2. The number of aliphatic hydroxyl groups excluding tert-OH is 1. The molecule has 1 heterocycles. The van der Waals surface area contributed by atoms with Crippen LogP contribution in [-0.2, 0) is 14.3 Å². The number of amides is 2. The minimum absolute atomic E-state index is 0.0497. The van der Waals surface area contributed by atoms with Gasteiger partial charge in [0.2, 0.25) is 5.91 Å². The van der Waals surface area contributed by atoms with Crippen molar-refractivity contribution in [3.63, 3.8) is 0 Å². The van der Waals surface area contributed by atoms with Gasteiger partial charge in [-0.25, -0.2) is 4.79 Å². The molecule has 2 atom stereocenters.